The highest BCUT2D eigenvalue weighted by Crippen LogP contribution is 2.39. The number of amides is 1. The lowest BCUT2D eigenvalue weighted by Gasteiger charge is -2.13. The van der Waals surface area contributed by atoms with Gasteiger partial charge in [0.2, 0.25) is 17.5 Å². The Morgan fingerprint density at radius 1 is 1.20 bits per heavy atom. The third kappa shape index (κ3) is 5.36. The van der Waals surface area contributed by atoms with Crippen LogP contribution in [0.3, 0.4) is 0 Å². The normalized spacial score (nSPS) is 11.5. The van der Waals surface area contributed by atoms with Crippen molar-refractivity contribution >= 4 is 5.91 Å². The lowest BCUT2D eigenvalue weighted by Crippen LogP contribution is -2.29. The van der Waals surface area contributed by atoms with Gasteiger partial charge in [0, 0.05) is 31.3 Å². The Bertz CT molecular complexity index is 680. The first-order valence-corrected chi connectivity index (χ1v) is 7.89. The summed E-state index contributed by atoms with van der Waals surface area (Å²) in [6.45, 7) is 2.18. The van der Waals surface area contributed by atoms with Crippen LogP contribution in [0.1, 0.15) is 18.9 Å². The Morgan fingerprint density at radius 2 is 1.88 bits per heavy atom. The van der Waals surface area contributed by atoms with Gasteiger partial charge >= 0.3 is 0 Å². The number of rotatable bonds is 8. The smallest absolute Gasteiger partial charge is 0.221 e. The maximum absolute atomic E-state index is 11.6. The molecule has 1 heterocycles. The van der Waals surface area contributed by atoms with Crippen molar-refractivity contribution in [3.05, 3.63) is 42.1 Å². The van der Waals surface area contributed by atoms with E-state index >= 15 is 0 Å². The average molecular weight is 345 g/mol. The van der Waals surface area contributed by atoms with Gasteiger partial charge in [0.1, 0.15) is 0 Å². The van der Waals surface area contributed by atoms with Gasteiger partial charge in [-0.15, -0.1) is 0 Å². The van der Waals surface area contributed by atoms with Gasteiger partial charge in [-0.1, -0.05) is 12.1 Å². The fourth-order valence-corrected chi connectivity index (χ4v) is 2.16. The highest BCUT2D eigenvalue weighted by molar-refractivity contribution is 5.76. The van der Waals surface area contributed by atoms with Crippen molar-refractivity contribution in [2.24, 2.45) is 5.73 Å². The molecule has 0 aliphatic carbocycles. The number of ether oxygens (including phenoxy) is 3. The molecule has 1 aromatic carbocycles. The van der Waals surface area contributed by atoms with E-state index < -0.39 is 0 Å². The SMILES string of the molecule is COc1cccc(OC)c1Oc1ccc(CNC(=O)CC(C)N)cn1. The number of carbonyl (C=O) groups is 1. The molecular formula is C18H23N3O4. The molecule has 7 nitrogen and oxygen atoms in total. The minimum absolute atomic E-state index is 0.0888. The molecule has 0 fully saturated rings. The van der Waals surface area contributed by atoms with Crippen molar-refractivity contribution in [2.45, 2.75) is 25.9 Å². The lowest BCUT2D eigenvalue weighted by atomic mass is 10.2. The predicted molar refractivity (Wildman–Crippen MR) is 94.0 cm³/mol. The zero-order valence-electron chi connectivity index (χ0n) is 14.6. The highest BCUT2D eigenvalue weighted by atomic mass is 16.5. The Balaban J connectivity index is 2.03. The molecule has 0 bridgehead atoms. The molecule has 1 amide bonds. The van der Waals surface area contributed by atoms with Crippen LogP contribution in [0, 0.1) is 0 Å². The third-order valence-corrected chi connectivity index (χ3v) is 3.38. The number of aromatic nitrogens is 1. The van der Waals surface area contributed by atoms with Gasteiger partial charge in [-0.05, 0) is 24.6 Å². The van der Waals surface area contributed by atoms with Crippen LogP contribution in [0.15, 0.2) is 36.5 Å². The maximum atomic E-state index is 11.6. The summed E-state index contributed by atoms with van der Waals surface area (Å²) >= 11 is 0. The van der Waals surface area contributed by atoms with Gasteiger partial charge in [-0.3, -0.25) is 4.79 Å². The molecule has 0 aliphatic heterocycles. The monoisotopic (exact) mass is 345 g/mol. The number of nitrogens with two attached hydrogens (primary N) is 1. The topological polar surface area (TPSA) is 95.7 Å². The summed E-state index contributed by atoms with van der Waals surface area (Å²) in [5.41, 5.74) is 6.45. The van der Waals surface area contributed by atoms with E-state index in [1.54, 1.807) is 45.5 Å². The summed E-state index contributed by atoms with van der Waals surface area (Å²) in [6, 6.07) is 8.76. The zero-order chi connectivity index (χ0) is 18.2. The van der Waals surface area contributed by atoms with Crippen molar-refractivity contribution in [2.75, 3.05) is 14.2 Å². The molecule has 25 heavy (non-hydrogen) atoms. The van der Waals surface area contributed by atoms with E-state index in [1.165, 1.54) is 0 Å². The largest absolute Gasteiger partial charge is 0.493 e. The quantitative estimate of drug-likeness (QED) is 0.762. The minimum Gasteiger partial charge on any atom is -0.493 e. The highest BCUT2D eigenvalue weighted by Gasteiger charge is 2.13. The van der Waals surface area contributed by atoms with Crippen LogP contribution in [-0.2, 0) is 11.3 Å². The standard InChI is InChI=1S/C18H23N3O4/c1-12(19)9-16(22)20-10-13-7-8-17(21-11-13)25-18-14(23-2)5-4-6-15(18)24-3/h4-8,11-12H,9-10,19H2,1-3H3,(H,20,22). The Morgan fingerprint density at radius 3 is 2.40 bits per heavy atom. The van der Waals surface area contributed by atoms with Crippen LogP contribution in [0.4, 0.5) is 0 Å². The number of hydrogen-bond donors (Lipinski definition) is 2. The van der Waals surface area contributed by atoms with Crippen molar-refractivity contribution in [3.8, 4) is 23.1 Å². The molecule has 0 aliphatic rings. The summed E-state index contributed by atoms with van der Waals surface area (Å²) < 4.78 is 16.4. The zero-order valence-corrected chi connectivity index (χ0v) is 14.6. The first kappa shape index (κ1) is 18.5. The second kappa shape index (κ2) is 8.89. The molecule has 1 unspecified atom stereocenters. The fourth-order valence-electron chi connectivity index (χ4n) is 2.16. The average Bonchev–Trinajstić information content (AvgIpc) is 2.60. The summed E-state index contributed by atoms with van der Waals surface area (Å²) in [4.78, 5) is 15.9. The number of nitrogens with zero attached hydrogens (tertiary/aromatic N) is 1. The van der Waals surface area contributed by atoms with Gasteiger partial charge in [0.05, 0.1) is 14.2 Å². The van der Waals surface area contributed by atoms with E-state index in [4.69, 9.17) is 19.9 Å². The third-order valence-electron chi connectivity index (χ3n) is 3.38. The maximum Gasteiger partial charge on any atom is 0.221 e. The molecule has 134 valence electrons. The summed E-state index contributed by atoms with van der Waals surface area (Å²) in [7, 11) is 3.12. The Kier molecular flexibility index (Phi) is 6.59. The van der Waals surface area contributed by atoms with Gasteiger partial charge in [-0.2, -0.15) is 0 Å². The molecule has 1 aromatic heterocycles. The number of methoxy groups -OCH3 is 2. The molecule has 0 saturated heterocycles. The van der Waals surface area contributed by atoms with Crippen molar-refractivity contribution < 1.29 is 19.0 Å². The molecule has 2 aromatic rings. The first-order valence-electron chi connectivity index (χ1n) is 7.89. The van der Waals surface area contributed by atoms with Crippen LogP contribution in [-0.4, -0.2) is 31.2 Å². The molecular weight excluding hydrogens is 322 g/mol. The summed E-state index contributed by atoms with van der Waals surface area (Å²) in [5, 5.41) is 2.80. The van der Waals surface area contributed by atoms with E-state index in [9.17, 15) is 4.79 Å². The van der Waals surface area contributed by atoms with Gasteiger partial charge < -0.3 is 25.3 Å². The lowest BCUT2D eigenvalue weighted by molar-refractivity contribution is -0.121. The molecule has 7 heteroatoms. The van der Waals surface area contributed by atoms with Crippen molar-refractivity contribution in [1.29, 1.82) is 0 Å². The molecule has 2 rings (SSSR count). The number of para-hydroxylation sites is 1. The van der Waals surface area contributed by atoms with Crippen LogP contribution in [0.25, 0.3) is 0 Å². The molecule has 0 spiro atoms. The van der Waals surface area contributed by atoms with Crippen LogP contribution < -0.4 is 25.3 Å². The van der Waals surface area contributed by atoms with Crippen LogP contribution in [0.2, 0.25) is 0 Å². The molecule has 0 saturated carbocycles. The molecule has 0 radical (unpaired) electrons. The first-order chi connectivity index (χ1) is 12.0. The van der Waals surface area contributed by atoms with E-state index in [0.29, 0.717) is 36.1 Å². The number of benzene rings is 1. The summed E-state index contributed by atoms with van der Waals surface area (Å²) in [5.74, 6) is 1.86. The number of pyridine rings is 1. The van der Waals surface area contributed by atoms with Gasteiger partial charge in [-0.25, -0.2) is 4.98 Å². The second-order valence-electron chi connectivity index (χ2n) is 5.56. The van der Waals surface area contributed by atoms with E-state index in [1.807, 2.05) is 12.1 Å². The Labute approximate surface area is 147 Å². The van der Waals surface area contributed by atoms with E-state index in [0.717, 1.165) is 5.56 Å². The minimum atomic E-state index is -0.162. The van der Waals surface area contributed by atoms with E-state index in [2.05, 4.69) is 10.3 Å². The van der Waals surface area contributed by atoms with Gasteiger partial charge in [0.15, 0.2) is 11.5 Å². The van der Waals surface area contributed by atoms with E-state index in [-0.39, 0.29) is 11.9 Å². The number of carbonyl (C=O) groups excluding carboxylic acids is 1. The second-order valence-corrected chi connectivity index (χ2v) is 5.56. The van der Waals surface area contributed by atoms with Crippen LogP contribution in [0.5, 0.6) is 23.1 Å². The number of nitrogens with one attached hydrogen (secondary N) is 1. The number of hydrogen-bond acceptors (Lipinski definition) is 6. The van der Waals surface area contributed by atoms with Crippen molar-refractivity contribution in [1.82, 2.24) is 10.3 Å². The summed E-state index contributed by atoms with van der Waals surface area (Å²) in [6.07, 6.45) is 1.94. The van der Waals surface area contributed by atoms with Crippen molar-refractivity contribution in [3.63, 3.8) is 0 Å². The van der Waals surface area contributed by atoms with Crippen LogP contribution >= 0.6 is 0 Å². The fraction of sp³-hybridized carbons (Fsp3) is 0.333. The molecule has 3 N–H and O–H groups in total. The van der Waals surface area contributed by atoms with Gasteiger partial charge in [0.25, 0.3) is 0 Å². The Hall–Kier alpha value is -2.80. The predicted octanol–water partition coefficient (Wildman–Crippen LogP) is 2.24. The molecule has 1 atom stereocenters.